The zero-order valence-electron chi connectivity index (χ0n) is 21.4. The molecule has 0 aromatic heterocycles. The van der Waals surface area contributed by atoms with E-state index in [1.165, 1.54) is 0 Å². The van der Waals surface area contributed by atoms with Crippen molar-refractivity contribution in [1.82, 2.24) is 0 Å². The minimum Gasteiger partial charge on any atom is -0.462 e. The monoisotopic (exact) mass is 538 g/mol. The lowest BCUT2D eigenvalue weighted by Crippen LogP contribution is -2.46. The van der Waals surface area contributed by atoms with Gasteiger partial charge in [-0.3, -0.25) is 9.53 Å². The Morgan fingerprint density at radius 3 is 1.81 bits per heavy atom. The predicted molar refractivity (Wildman–Crippen MR) is 126 cm³/mol. The van der Waals surface area contributed by atoms with Crippen molar-refractivity contribution in [1.29, 1.82) is 0 Å². The quantitative estimate of drug-likeness (QED) is 0.140. The zero-order valence-corrected chi connectivity index (χ0v) is 21.4. The number of ether oxygens (including phenoxy) is 3. The second kappa shape index (κ2) is 13.4. The molecule has 0 heterocycles. The van der Waals surface area contributed by atoms with Crippen molar-refractivity contribution < 1.29 is 45.8 Å². The van der Waals surface area contributed by atoms with Gasteiger partial charge >= 0.3 is 18.3 Å². The Balaban J connectivity index is 1.32. The van der Waals surface area contributed by atoms with E-state index in [0.717, 1.165) is 51.4 Å². The Morgan fingerprint density at radius 1 is 0.838 bits per heavy atom. The summed E-state index contributed by atoms with van der Waals surface area (Å²) in [4.78, 5) is 23.4. The Hall–Kier alpha value is -1.71. The second-order valence-electron chi connectivity index (χ2n) is 11.0. The molecule has 0 N–H and O–H groups in total. The first kappa shape index (κ1) is 29.8. The third-order valence-corrected chi connectivity index (χ3v) is 8.31. The van der Waals surface area contributed by atoms with E-state index in [2.05, 4.69) is 11.3 Å². The number of rotatable bonds is 9. The molecular formula is C27H39F5O5. The summed E-state index contributed by atoms with van der Waals surface area (Å²) < 4.78 is 80.3. The van der Waals surface area contributed by atoms with Crippen molar-refractivity contribution in [2.45, 2.75) is 115 Å². The van der Waals surface area contributed by atoms with Gasteiger partial charge < -0.3 is 9.47 Å². The van der Waals surface area contributed by atoms with Crippen LogP contribution in [0.25, 0.3) is 0 Å². The predicted octanol–water partition coefficient (Wildman–Crippen LogP) is 6.79. The van der Waals surface area contributed by atoms with E-state index in [1.54, 1.807) is 6.92 Å². The molecule has 10 heteroatoms. The van der Waals surface area contributed by atoms with Crippen LogP contribution in [0.4, 0.5) is 22.0 Å². The molecule has 0 aromatic carbocycles. The third kappa shape index (κ3) is 9.21. The minimum absolute atomic E-state index is 0.0801. The molecule has 0 radical (unpaired) electrons. The number of esters is 2. The molecule has 0 bridgehead atoms. The lowest BCUT2D eigenvalue weighted by atomic mass is 9.66. The molecule has 0 aromatic rings. The largest absolute Gasteiger partial charge is 0.522 e. The maximum atomic E-state index is 14.4. The van der Waals surface area contributed by atoms with Crippen LogP contribution in [0.5, 0.6) is 0 Å². The van der Waals surface area contributed by atoms with Crippen LogP contribution in [0, 0.1) is 23.7 Å². The molecule has 0 amide bonds. The third-order valence-electron chi connectivity index (χ3n) is 8.31. The summed E-state index contributed by atoms with van der Waals surface area (Å²) >= 11 is 0. The Bertz CT molecular complexity index is 760. The van der Waals surface area contributed by atoms with Gasteiger partial charge in [-0.15, -0.1) is 13.2 Å². The molecule has 37 heavy (non-hydrogen) atoms. The summed E-state index contributed by atoms with van der Waals surface area (Å²) in [6, 6.07) is 0. The SMILES string of the molecule is C=C(C)C(=O)OCCCC(=O)OC1CCC(C2CCC(C3CC(F)C(OC(F)(F)F)C(F)C3)CC2)CC1. The summed E-state index contributed by atoms with van der Waals surface area (Å²) in [6.07, 6.45) is -3.55. The number of alkyl halides is 5. The standard InChI is InChI=1S/C27H39F5O5/c1-16(2)26(34)35-13-3-4-24(33)36-21-11-9-18(10-12-21)17-5-7-19(8-6-17)20-14-22(28)25(23(29)15-20)37-27(30,31)32/h17-23,25H,1,3-15H2,2H3. The van der Waals surface area contributed by atoms with Crippen molar-refractivity contribution in [3.8, 4) is 0 Å². The van der Waals surface area contributed by atoms with Crippen LogP contribution in [0.1, 0.15) is 84.0 Å². The normalized spacial score (nSPS) is 35.0. The van der Waals surface area contributed by atoms with Gasteiger partial charge in [-0.05, 0) is 101 Å². The summed E-state index contributed by atoms with van der Waals surface area (Å²) in [7, 11) is 0. The van der Waals surface area contributed by atoms with Gasteiger partial charge in [0.05, 0.1) is 6.61 Å². The summed E-state index contributed by atoms with van der Waals surface area (Å²) in [5, 5.41) is 0. The first-order valence-corrected chi connectivity index (χ1v) is 13.5. The van der Waals surface area contributed by atoms with Crippen LogP contribution >= 0.6 is 0 Å². The molecule has 2 unspecified atom stereocenters. The Kier molecular flexibility index (Phi) is 10.8. The van der Waals surface area contributed by atoms with Gasteiger partial charge in [0.2, 0.25) is 0 Å². The molecule has 3 rings (SSSR count). The molecule has 0 spiro atoms. The van der Waals surface area contributed by atoms with E-state index >= 15 is 0 Å². The molecule has 3 aliphatic carbocycles. The molecule has 0 saturated heterocycles. The average Bonchev–Trinajstić information content (AvgIpc) is 2.84. The summed E-state index contributed by atoms with van der Waals surface area (Å²) in [5.41, 5.74) is 0.316. The second-order valence-corrected chi connectivity index (χ2v) is 11.0. The topological polar surface area (TPSA) is 61.8 Å². The van der Waals surface area contributed by atoms with Crippen LogP contribution in [0.15, 0.2) is 12.2 Å². The van der Waals surface area contributed by atoms with E-state index in [1.807, 2.05) is 0 Å². The highest BCUT2D eigenvalue weighted by atomic mass is 19.4. The van der Waals surface area contributed by atoms with Crippen LogP contribution in [0.3, 0.4) is 0 Å². The van der Waals surface area contributed by atoms with Gasteiger partial charge in [-0.2, -0.15) is 0 Å². The Morgan fingerprint density at radius 2 is 1.32 bits per heavy atom. The number of carbonyl (C=O) groups excluding carboxylic acids is 2. The van der Waals surface area contributed by atoms with Crippen LogP contribution < -0.4 is 0 Å². The number of halogens is 5. The van der Waals surface area contributed by atoms with Gasteiger partial charge in [0.25, 0.3) is 0 Å². The molecule has 5 nitrogen and oxygen atoms in total. The van der Waals surface area contributed by atoms with Gasteiger partial charge in [0.15, 0.2) is 0 Å². The fraction of sp³-hybridized carbons (Fsp3) is 0.852. The van der Waals surface area contributed by atoms with Crippen molar-refractivity contribution in [3.05, 3.63) is 12.2 Å². The number of hydrogen-bond acceptors (Lipinski definition) is 5. The smallest absolute Gasteiger partial charge is 0.462 e. The van der Waals surface area contributed by atoms with Crippen molar-refractivity contribution in [2.75, 3.05) is 6.61 Å². The molecule has 3 fully saturated rings. The highest BCUT2D eigenvalue weighted by molar-refractivity contribution is 5.86. The van der Waals surface area contributed by atoms with E-state index in [-0.39, 0.29) is 49.8 Å². The highest BCUT2D eigenvalue weighted by Crippen LogP contribution is 2.46. The fourth-order valence-corrected chi connectivity index (χ4v) is 6.37. The molecular weight excluding hydrogens is 499 g/mol. The van der Waals surface area contributed by atoms with Crippen molar-refractivity contribution in [3.63, 3.8) is 0 Å². The van der Waals surface area contributed by atoms with E-state index in [9.17, 15) is 31.5 Å². The molecule has 2 atom stereocenters. The number of hydrogen-bond donors (Lipinski definition) is 0. The maximum absolute atomic E-state index is 14.4. The van der Waals surface area contributed by atoms with Gasteiger partial charge in [-0.25, -0.2) is 13.6 Å². The van der Waals surface area contributed by atoms with Crippen LogP contribution in [0.2, 0.25) is 0 Å². The highest BCUT2D eigenvalue weighted by Gasteiger charge is 2.47. The van der Waals surface area contributed by atoms with Crippen molar-refractivity contribution in [2.24, 2.45) is 23.7 Å². The minimum atomic E-state index is -5.04. The lowest BCUT2D eigenvalue weighted by molar-refractivity contribution is -0.358. The Labute approximate surface area is 215 Å². The van der Waals surface area contributed by atoms with Crippen LogP contribution in [-0.4, -0.2) is 49.5 Å². The van der Waals surface area contributed by atoms with Crippen LogP contribution in [-0.2, 0) is 23.8 Å². The molecule has 212 valence electrons. The van der Waals surface area contributed by atoms with Crippen molar-refractivity contribution >= 4 is 11.9 Å². The van der Waals surface area contributed by atoms with E-state index in [0.29, 0.717) is 23.8 Å². The molecule has 3 saturated carbocycles. The molecule has 0 aliphatic heterocycles. The van der Waals surface area contributed by atoms with Gasteiger partial charge in [-0.1, -0.05) is 6.58 Å². The van der Waals surface area contributed by atoms with Gasteiger partial charge in [0, 0.05) is 12.0 Å². The fourth-order valence-electron chi connectivity index (χ4n) is 6.37. The average molecular weight is 539 g/mol. The van der Waals surface area contributed by atoms with E-state index < -0.39 is 30.8 Å². The number of carbonyl (C=O) groups is 2. The first-order valence-electron chi connectivity index (χ1n) is 13.5. The summed E-state index contributed by atoms with van der Waals surface area (Å²) in [5.74, 6) is 0.161. The van der Waals surface area contributed by atoms with E-state index in [4.69, 9.17) is 9.47 Å². The summed E-state index contributed by atoms with van der Waals surface area (Å²) in [6.45, 7) is 5.21. The maximum Gasteiger partial charge on any atom is 0.522 e. The zero-order chi connectivity index (χ0) is 27.2. The lowest BCUT2D eigenvalue weighted by Gasteiger charge is -2.42. The van der Waals surface area contributed by atoms with Gasteiger partial charge in [0.1, 0.15) is 24.6 Å². The first-order chi connectivity index (χ1) is 17.4. The molecule has 3 aliphatic rings.